The molecule has 1 unspecified atom stereocenters. The van der Waals surface area contributed by atoms with E-state index in [9.17, 15) is 0 Å². The summed E-state index contributed by atoms with van der Waals surface area (Å²) in [6, 6.07) is 0.539. The minimum atomic E-state index is 0.539. The van der Waals surface area contributed by atoms with Crippen molar-refractivity contribution >= 4 is 0 Å². The minimum absolute atomic E-state index is 0.539. The van der Waals surface area contributed by atoms with Crippen molar-refractivity contribution in [1.82, 2.24) is 14.5 Å². The van der Waals surface area contributed by atoms with E-state index in [0.29, 0.717) is 12.0 Å². The fourth-order valence-corrected chi connectivity index (χ4v) is 3.07. The summed E-state index contributed by atoms with van der Waals surface area (Å²) in [4.78, 5) is 7.06. The van der Waals surface area contributed by atoms with Crippen LogP contribution in [0.3, 0.4) is 0 Å². The largest absolute Gasteiger partial charge is 0.399 e. The van der Waals surface area contributed by atoms with Crippen LogP contribution in [0.25, 0.3) is 0 Å². The van der Waals surface area contributed by atoms with Crippen molar-refractivity contribution in [2.45, 2.75) is 31.2 Å². The van der Waals surface area contributed by atoms with Gasteiger partial charge >= 0.3 is 0 Å². The third-order valence-electron chi connectivity index (χ3n) is 4.25. The number of nitrogens with zero attached hydrogens (tertiary/aromatic N) is 3. The third-order valence-corrected chi connectivity index (χ3v) is 4.25. The fourth-order valence-electron chi connectivity index (χ4n) is 3.07. The van der Waals surface area contributed by atoms with E-state index in [1.54, 1.807) is 0 Å². The highest BCUT2D eigenvalue weighted by Gasteiger charge is 2.25. The molecule has 19 heavy (non-hydrogen) atoms. The molecule has 1 aliphatic carbocycles. The predicted octanol–water partition coefficient (Wildman–Crippen LogP) is 1.77. The van der Waals surface area contributed by atoms with Crippen LogP contribution in [0.5, 0.6) is 0 Å². The molecule has 2 N–H and O–H groups in total. The maximum Gasteiger partial charge on any atom is 0.0946 e. The maximum absolute atomic E-state index is 5.77. The van der Waals surface area contributed by atoms with Crippen molar-refractivity contribution in [1.29, 1.82) is 0 Å². The van der Waals surface area contributed by atoms with Gasteiger partial charge in [0, 0.05) is 30.9 Å². The summed E-state index contributed by atoms with van der Waals surface area (Å²) in [5.41, 5.74) is 7.93. The Bertz CT molecular complexity index is 492. The zero-order valence-electron chi connectivity index (χ0n) is 11.5. The van der Waals surface area contributed by atoms with E-state index < -0.39 is 0 Å². The van der Waals surface area contributed by atoms with E-state index in [1.807, 2.05) is 24.0 Å². The Morgan fingerprint density at radius 3 is 2.68 bits per heavy atom. The van der Waals surface area contributed by atoms with E-state index in [0.717, 1.165) is 25.2 Å². The predicted molar refractivity (Wildman–Crippen MR) is 76.6 cm³/mol. The molecule has 0 spiro atoms. The quantitative estimate of drug-likeness (QED) is 0.879. The van der Waals surface area contributed by atoms with Gasteiger partial charge in [-0.2, -0.15) is 0 Å². The highest BCUT2D eigenvalue weighted by molar-refractivity contribution is 5.22. The van der Waals surface area contributed by atoms with Gasteiger partial charge < -0.3 is 10.3 Å². The summed E-state index contributed by atoms with van der Waals surface area (Å²) in [5.74, 6) is 0.630. The second-order valence-corrected chi connectivity index (χ2v) is 5.64. The van der Waals surface area contributed by atoms with E-state index in [1.165, 1.54) is 18.5 Å². The van der Waals surface area contributed by atoms with Crippen LogP contribution in [-0.2, 0) is 7.05 Å². The average Bonchev–Trinajstić information content (AvgIpc) is 2.87. The fraction of sp³-hybridized carbons (Fsp3) is 0.533. The van der Waals surface area contributed by atoms with E-state index in [4.69, 9.17) is 5.73 Å². The van der Waals surface area contributed by atoms with E-state index >= 15 is 0 Å². The highest BCUT2D eigenvalue weighted by Crippen LogP contribution is 2.28. The van der Waals surface area contributed by atoms with Crippen molar-refractivity contribution in [2.75, 3.05) is 13.1 Å². The number of allylic oxidation sites excluding steroid dienone is 1. The number of likely N-dealkylation sites (tertiary alicyclic amines) is 1. The van der Waals surface area contributed by atoms with Gasteiger partial charge in [-0.3, -0.25) is 4.90 Å². The lowest BCUT2D eigenvalue weighted by Gasteiger charge is -2.36. The van der Waals surface area contributed by atoms with Gasteiger partial charge in [0.25, 0.3) is 0 Å². The summed E-state index contributed by atoms with van der Waals surface area (Å²) in [6.45, 7) is 2.31. The summed E-state index contributed by atoms with van der Waals surface area (Å²) in [7, 11) is 2.04. The number of imidazole rings is 1. The maximum atomic E-state index is 5.77. The number of aromatic nitrogens is 2. The van der Waals surface area contributed by atoms with Gasteiger partial charge in [0.2, 0.25) is 0 Å². The lowest BCUT2D eigenvalue weighted by atomic mass is 9.92. The first kappa shape index (κ1) is 12.5. The van der Waals surface area contributed by atoms with Crippen LogP contribution >= 0.6 is 0 Å². The van der Waals surface area contributed by atoms with Gasteiger partial charge in [-0.05, 0) is 38.4 Å². The van der Waals surface area contributed by atoms with Gasteiger partial charge in [-0.15, -0.1) is 0 Å². The van der Waals surface area contributed by atoms with Crippen LogP contribution in [0.4, 0.5) is 0 Å². The molecule has 1 atom stereocenters. The molecule has 4 heteroatoms. The Morgan fingerprint density at radius 2 is 2.11 bits per heavy atom. The second-order valence-electron chi connectivity index (χ2n) is 5.64. The lowest BCUT2D eigenvalue weighted by molar-refractivity contribution is 0.176. The van der Waals surface area contributed by atoms with Gasteiger partial charge in [0.15, 0.2) is 0 Å². The molecule has 0 saturated carbocycles. The summed E-state index contributed by atoms with van der Waals surface area (Å²) in [6.07, 6.45) is 14.0. The molecule has 0 bridgehead atoms. The van der Waals surface area contributed by atoms with Gasteiger partial charge in [-0.1, -0.05) is 12.2 Å². The Hall–Kier alpha value is -1.55. The molecule has 1 aromatic heterocycles. The molecule has 4 nitrogen and oxygen atoms in total. The van der Waals surface area contributed by atoms with Crippen molar-refractivity contribution in [2.24, 2.45) is 12.8 Å². The Balaban J connectivity index is 1.56. The van der Waals surface area contributed by atoms with Crippen molar-refractivity contribution in [3.05, 3.63) is 42.1 Å². The zero-order chi connectivity index (χ0) is 13.2. The Morgan fingerprint density at radius 1 is 1.32 bits per heavy atom. The van der Waals surface area contributed by atoms with Crippen LogP contribution in [-0.4, -0.2) is 33.6 Å². The number of hydrogen-bond donors (Lipinski definition) is 1. The lowest BCUT2D eigenvalue weighted by Crippen LogP contribution is -2.40. The molecule has 1 aromatic rings. The zero-order valence-corrected chi connectivity index (χ0v) is 11.5. The molecule has 2 aliphatic rings. The first-order valence-corrected chi connectivity index (χ1v) is 7.08. The number of rotatable bonds is 2. The molecular weight excluding hydrogens is 236 g/mol. The van der Waals surface area contributed by atoms with Crippen molar-refractivity contribution < 1.29 is 0 Å². The monoisotopic (exact) mass is 258 g/mol. The minimum Gasteiger partial charge on any atom is -0.399 e. The summed E-state index contributed by atoms with van der Waals surface area (Å²) >= 11 is 0. The number of piperidine rings is 1. The van der Waals surface area contributed by atoms with E-state index in [-0.39, 0.29) is 0 Å². The molecule has 1 saturated heterocycles. The molecule has 1 aliphatic heterocycles. The molecular formula is C15H22N4. The SMILES string of the molecule is Cn1cnc(C2CCN(C3C=CC(N)=CC3)CC2)c1. The summed E-state index contributed by atoms with van der Waals surface area (Å²) < 4.78 is 2.04. The third kappa shape index (κ3) is 2.73. The summed E-state index contributed by atoms with van der Waals surface area (Å²) in [5, 5.41) is 0. The van der Waals surface area contributed by atoms with Crippen molar-refractivity contribution in [3.8, 4) is 0 Å². The molecule has 2 heterocycles. The molecule has 1 fully saturated rings. The molecule has 0 aromatic carbocycles. The topological polar surface area (TPSA) is 47.1 Å². The van der Waals surface area contributed by atoms with Crippen LogP contribution in [0.2, 0.25) is 0 Å². The number of hydrogen-bond acceptors (Lipinski definition) is 3. The van der Waals surface area contributed by atoms with Gasteiger partial charge in [0.05, 0.1) is 12.0 Å². The molecule has 3 rings (SSSR count). The highest BCUT2D eigenvalue weighted by atomic mass is 15.2. The smallest absolute Gasteiger partial charge is 0.0946 e. The first-order chi connectivity index (χ1) is 9.22. The van der Waals surface area contributed by atoms with Crippen LogP contribution < -0.4 is 5.73 Å². The number of aryl methyl sites for hydroxylation is 1. The molecule has 0 radical (unpaired) electrons. The van der Waals surface area contributed by atoms with Crippen LogP contribution in [0, 0.1) is 0 Å². The Labute approximate surface area is 114 Å². The van der Waals surface area contributed by atoms with Crippen molar-refractivity contribution in [3.63, 3.8) is 0 Å². The first-order valence-electron chi connectivity index (χ1n) is 7.08. The second kappa shape index (κ2) is 5.21. The Kier molecular flexibility index (Phi) is 3.42. The van der Waals surface area contributed by atoms with Crippen LogP contribution in [0.15, 0.2) is 36.4 Å². The van der Waals surface area contributed by atoms with Crippen LogP contribution in [0.1, 0.15) is 30.9 Å². The normalized spacial score (nSPS) is 25.5. The molecule has 0 amide bonds. The van der Waals surface area contributed by atoms with Gasteiger partial charge in [-0.25, -0.2) is 4.98 Å². The standard InChI is InChI=1S/C15H22N4/c1-18-10-15(17-11-18)12-6-8-19(9-7-12)14-4-2-13(16)3-5-14/h2-4,10-12,14H,5-9,16H2,1H3. The average molecular weight is 258 g/mol. The van der Waals surface area contributed by atoms with Gasteiger partial charge in [0.1, 0.15) is 0 Å². The van der Waals surface area contributed by atoms with E-state index in [2.05, 4.69) is 28.2 Å². The number of nitrogens with two attached hydrogens (primary N) is 1. The molecule has 102 valence electrons.